The van der Waals surface area contributed by atoms with Crippen LogP contribution in [0.25, 0.3) is 0 Å². The van der Waals surface area contributed by atoms with Gasteiger partial charge < -0.3 is 24.8 Å². The number of oxime groups is 1. The van der Waals surface area contributed by atoms with Gasteiger partial charge in [0.15, 0.2) is 22.3 Å². The highest BCUT2D eigenvalue weighted by atomic mass is 32.2. The first kappa shape index (κ1) is 30.4. The molecule has 222 valence electrons. The molecule has 3 atom stereocenters. The van der Waals surface area contributed by atoms with Crippen LogP contribution in [-0.4, -0.2) is 88.3 Å². The number of carbonyl (C=O) groups excluding carboxylic acids is 3. The lowest BCUT2D eigenvalue weighted by Gasteiger charge is -2.50. The molecule has 20 heteroatoms. The van der Waals surface area contributed by atoms with E-state index in [4.69, 9.17) is 9.02 Å². The quantitative estimate of drug-likeness (QED) is 0.0705. The normalized spacial score (nSPS) is 20.2. The largest absolute Gasteiger partial charge is 0.476 e. The molecule has 0 bridgehead atoms. The summed E-state index contributed by atoms with van der Waals surface area (Å²) in [4.78, 5) is 69.3. The van der Waals surface area contributed by atoms with E-state index >= 15 is 0 Å². The Labute approximate surface area is 244 Å². The highest BCUT2D eigenvalue weighted by molar-refractivity contribution is 8.01. The van der Waals surface area contributed by atoms with Crippen molar-refractivity contribution in [1.82, 2.24) is 15.2 Å². The third-order valence-corrected chi connectivity index (χ3v) is 8.47. The molecule has 2 aromatic rings. The minimum atomic E-state index is -4.24. The molecule has 0 saturated carbocycles. The Kier molecular flexibility index (Phi) is 8.78. The number of hydrogen-bond donors (Lipinski definition) is 3. The number of β-lactam (4-membered cyclic amide) rings is 1. The molecule has 1 aromatic heterocycles. The first-order valence-corrected chi connectivity index (χ1v) is 15.1. The van der Waals surface area contributed by atoms with Crippen LogP contribution in [0, 0.1) is 10.1 Å². The van der Waals surface area contributed by atoms with Crippen LogP contribution in [0.3, 0.4) is 0 Å². The number of carboxylic acids is 1. The molecule has 17 nitrogen and oxygen atoms in total. The van der Waals surface area contributed by atoms with Gasteiger partial charge >= 0.3 is 16.1 Å². The van der Waals surface area contributed by atoms with Gasteiger partial charge in [0.05, 0.1) is 16.4 Å². The van der Waals surface area contributed by atoms with Crippen molar-refractivity contribution < 1.29 is 46.6 Å². The molecule has 0 radical (unpaired) electrons. The number of fused-ring (bicyclic) bond motifs is 1. The van der Waals surface area contributed by atoms with Gasteiger partial charge in [-0.1, -0.05) is 17.3 Å². The molecule has 4 rings (SSSR count). The van der Waals surface area contributed by atoms with E-state index in [2.05, 4.69) is 20.8 Å². The predicted octanol–water partition coefficient (Wildman–Crippen LogP) is 0.254. The third kappa shape index (κ3) is 6.34. The summed E-state index contributed by atoms with van der Waals surface area (Å²) in [5.41, 5.74) is -0.742. The minimum absolute atomic E-state index is 0.0228. The zero-order valence-electron chi connectivity index (χ0n) is 21.4. The molecule has 2 aliphatic heterocycles. The maximum Gasteiger partial charge on any atom is 0.356 e. The number of aliphatic carboxylic acids is 1. The van der Waals surface area contributed by atoms with E-state index in [1.165, 1.54) is 36.8 Å². The highest BCUT2D eigenvalue weighted by Crippen LogP contribution is 2.46. The second kappa shape index (κ2) is 12.1. The molecular weight excluding hydrogens is 620 g/mol. The Morgan fingerprint density at radius 3 is 2.57 bits per heavy atom. The maximum atomic E-state index is 13.1. The molecule has 1 saturated heterocycles. The molecular formula is C22H20N6O11S3. The van der Waals surface area contributed by atoms with Gasteiger partial charge in [0, 0.05) is 17.5 Å². The van der Waals surface area contributed by atoms with E-state index in [0.717, 1.165) is 28.0 Å². The molecule has 3 heterocycles. The van der Waals surface area contributed by atoms with Crippen molar-refractivity contribution in [2.45, 2.75) is 23.1 Å². The number of non-ortho nitro benzene ring substituents is 1. The Morgan fingerprint density at radius 2 is 2.00 bits per heavy atom. The van der Waals surface area contributed by atoms with E-state index in [1.807, 2.05) is 0 Å². The summed E-state index contributed by atoms with van der Waals surface area (Å²) in [6, 6.07) is 4.03. The molecule has 0 aliphatic carbocycles. The number of nitrogens with one attached hydrogen (secondary N) is 2. The summed E-state index contributed by atoms with van der Waals surface area (Å²) in [6.07, 6.45) is 1.07. The molecule has 3 amide bonds. The van der Waals surface area contributed by atoms with Gasteiger partial charge in [-0.2, -0.15) is 8.42 Å². The summed E-state index contributed by atoms with van der Waals surface area (Å²) >= 11 is 1.95. The predicted molar refractivity (Wildman–Crippen MR) is 147 cm³/mol. The molecule has 1 aromatic carbocycles. The van der Waals surface area contributed by atoms with Crippen molar-refractivity contribution >= 4 is 73.9 Å². The zero-order valence-corrected chi connectivity index (χ0v) is 23.9. The molecule has 2 unspecified atom stereocenters. The van der Waals surface area contributed by atoms with E-state index in [1.54, 1.807) is 0 Å². The summed E-state index contributed by atoms with van der Waals surface area (Å²) in [7, 11) is -3.07. The van der Waals surface area contributed by atoms with Gasteiger partial charge in [-0.05, 0) is 12.0 Å². The van der Waals surface area contributed by atoms with Crippen molar-refractivity contribution in [2.75, 3.05) is 18.7 Å². The summed E-state index contributed by atoms with van der Waals surface area (Å²) < 4.78 is 29.2. The van der Waals surface area contributed by atoms with Crippen LogP contribution in [0.4, 0.5) is 10.8 Å². The number of hydrogen-bond acceptors (Lipinski definition) is 14. The van der Waals surface area contributed by atoms with Crippen molar-refractivity contribution in [3.05, 3.63) is 62.5 Å². The average Bonchev–Trinajstić information content (AvgIpc) is 3.38. The van der Waals surface area contributed by atoms with Crippen molar-refractivity contribution in [3.8, 4) is 0 Å². The van der Waals surface area contributed by atoms with Crippen LogP contribution in [0.15, 0.2) is 46.3 Å². The Morgan fingerprint density at radius 1 is 1.31 bits per heavy atom. The highest BCUT2D eigenvalue weighted by Gasteiger charge is 2.57. The number of amides is 3. The summed E-state index contributed by atoms with van der Waals surface area (Å²) in [6.45, 7) is 0. The topological polar surface area (TPSA) is 237 Å². The van der Waals surface area contributed by atoms with Crippen LogP contribution in [0.1, 0.15) is 11.3 Å². The van der Waals surface area contributed by atoms with E-state index in [9.17, 15) is 42.8 Å². The number of anilines is 1. The van der Waals surface area contributed by atoms with Gasteiger partial charge in [-0.15, -0.1) is 23.1 Å². The van der Waals surface area contributed by atoms with Crippen LogP contribution in [0.2, 0.25) is 0 Å². The SMILES string of the molecule is CON=C(C(=O)NC1C(=O)N2C(C(=O)O)=C(OS(C)(=O)=O)C(Cc3ccc([N+](=O)[O-])cc3)S[C@H]12)c1csc(NC=O)n1. The summed E-state index contributed by atoms with van der Waals surface area (Å²) in [5.74, 6) is -3.92. The van der Waals surface area contributed by atoms with Crippen LogP contribution >= 0.6 is 23.1 Å². The molecule has 0 spiro atoms. The van der Waals surface area contributed by atoms with Gasteiger partial charge in [-0.25, -0.2) is 9.78 Å². The lowest BCUT2D eigenvalue weighted by Crippen LogP contribution is -2.71. The lowest BCUT2D eigenvalue weighted by atomic mass is 10.0. The summed E-state index contributed by atoms with van der Waals surface area (Å²) in [5, 5.41) is 29.0. The number of carboxylic acid groups (broad SMARTS) is 1. The molecule has 3 N–H and O–H groups in total. The Hall–Kier alpha value is -4.56. The third-order valence-electron chi connectivity index (χ3n) is 5.74. The zero-order chi connectivity index (χ0) is 30.8. The standard InChI is InChI=1S/C22H20N6O11S3/c1-38-26-14(12-8-40-22(24-12)23-9-29)18(30)25-15-19(31)27-16(21(32)33)17(39-42(2,36)37)13(41-20(15)27)7-10-3-5-11(6-4-10)28(34)35/h3-6,8-9,13,15,20H,7H2,1-2H3,(H,25,30)(H,32,33)(H,23,24,29)/t13?,15?,20-/m1/s1. The maximum absolute atomic E-state index is 13.1. The number of rotatable bonds is 12. The van der Waals surface area contributed by atoms with Gasteiger partial charge in [-0.3, -0.25) is 29.4 Å². The van der Waals surface area contributed by atoms with Gasteiger partial charge in [0.1, 0.15) is 24.2 Å². The number of thiazole rings is 1. The van der Waals surface area contributed by atoms with E-state index in [0.29, 0.717) is 18.2 Å². The number of thioether (sulfide) groups is 1. The fourth-order valence-electron chi connectivity index (χ4n) is 4.05. The number of nitrogens with zero attached hydrogens (tertiary/aromatic N) is 4. The van der Waals surface area contributed by atoms with Crippen LogP contribution < -0.4 is 10.6 Å². The van der Waals surface area contributed by atoms with Crippen molar-refractivity contribution in [2.24, 2.45) is 5.16 Å². The first-order chi connectivity index (χ1) is 19.8. The fraction of sp³-hybridized carbons (Fsp3) is 0.273. The second-order valence-electron chi connectivity index (χ2n) is 8.53. The first-order valence-electron chi connectivity index (χ1n) is 11.5. The number of nitro groups is 1. The Bertz CT molecular complexity index is 1620. The fourth-order valence-corrected chi connectivity index (χ4v) is 6.87. The molecule has 2 aliphatic rings. The molecule has 42 heavy (non-hydrogen) atoms. The van der Waals surface area contributed by atoms with Crippen LogP contribution in [-0.2, 0) is 44.7 Å². The van der Waals surface area contributed by atoms with Crippen molar-refractivity contribution in [1.29, 1.82) is 0 Å². The monoisotopic (exact) mass is 640 g/mol. The smallest absolute Gasteiger partial charge is 0.356 e. The molecule has 1 fully saturated rings. The minimum Gasteiger partial charge on any atom is -0.476 e. The number of carbonyl (C=O) groups is 4. The number of aromatic nitrogens is 1. The van der Waals surface area contributed by atoms with E-state index < -0.39 is 60.9 Å². The van der Waals surface area contributed by atoms with Gasteiger partial charge in [0.2, 0.25) is 6.41 Å². The van der Waals surface area contributed by atoms with E-state index in [-0.39, 0.29) is 28.6 Å². The average molecular weight is 641 g/mol. The van der Waals surface area contributed by atoms with Crippen molar-refractivity contribution in [3.63, 3.8) is 0 Å². The number of nitro benzene ring substituents is 1. The lowest BCUT2D eigenvalue weighted by molar-refractivity contribution is -0.384. The Balaban J connectivity index is 1.65. The van der Waals surface area contributed by atoms with Crippen LogP contribution in [0.5, 0.6) is 0 Å². The number of benzene rings is 1. The second-order valence-corrected chi connectivity index (χ2v) is 12.3. The van der Waals surface area contributed by atoms with Gasteiger partial charge in [0.25, 0.3) is 17.5 Å².